The first-order valence-corrected chi connectivity index (χ1v) is 5.86. The molecule has 0 radical (unpaired) electrons. The van der Waals surface area contributed by atoms with Gasteiger partial charge in [0.05, 0.1) is 12.0 Å². The lowest BCUT2D eigenvalue weighted by atomic mass is 10.2. The summed E-state index contributed by atoms with van der Waals surface area (Å²) < 4.78 is 10.3. The molecule has 21 heavy (non-hydrogen) atoms. The van der Waals surface area contributed by atoms with Gasteiger partial charge in [0.15, 0.2) is 0 Å². The second kappa shape index (κ2) is 5.91. The summed E-state index contributed by atoms with van der Waals surface area (Å²) in [7, 11) is 1.30. The van der Waals surface area contributed by atoms with Gasteiger partial charge < -0.3 is 14.6 Å². The molecule has 0 aliphatic carbocycles. The maximum atomic E-state index is 11.1. The molecule has 0 fully saturated rings. The standard InChI is InChI=1S/C14H11NO6/c1-20-11-7-4-8-12(13(11)15(18)19)21-10-6-3-2-5-9(10)14(16)17/h2-8H,1H3,(H,16,17). The Kier molecular flexibility index (Phi) is 4.03. The number of aromatic carboxylic acids is 1. The van der Waals surface area contributed by atoms with Crippen molar-refractivity contribution < 1.29 is 24.3 Å². The van der Waals surface area contributed by atoms with Crippen LogP contribution in [0.3, 0.4) is 0 Å². The molecule has 0 saturated heterocycles. The van der Waals surface area contributed by atoms with Crippen LogP contribution in [0, 0.1) is 10.1 Å². The number of carboxylic acid groups (broad SMARTS) is 1. The Morgan fingerprint density at radius 2 is 1.71 bits per heavy atom. The van der Waals surface area contributed by atoms with E-state index in [2.05, 4.69) is 0 Å². The third-order valence-electron chi connectivity index (χ3n) is 2.70. The highest BCUT2D eigenvalue weighted by Crippen LogP contribution is 2.39. The van der Waals surface area contributed by atoms with Crippen molar-refractivity contribution in [3.63, 3.8) is 0 Å². The van der Waals surface area contributed by atoms with Gasteiger partial charge in [0.2, 0.25) is 11.5 Å². The topological polar surface area (TPSA) is 98.9 Å². The maximum absolute atomic E-state index is 11.1. The number of nitro groups is 1. The monoisotopic (exact) mass is 289 g/mol. The number of nitro benzene ring substituents is 1. The number of methoxy groups -OCH3 is 1. The zero-order valence-electron chi connectivity index (χ0n) is 11.0. The van der Waals surface area contributed by atoms with Gasteiger partial charge in [-0.1, -0.05) is 18.2 Å². The Bertz CT molecular complexity index is 698. The molecule has 0 atom stereocenters. The zero-order chi connectivity index (χ0) is 15.4. The molecule has 0 aromatic heterocycles. The van der Waals surface area contributed by atoms with E-state index >= 15 is 0 Å². The Balaban J connectivity index is 2.50. The largest absolute Gasteiger partial charge is 0.490 e. The van der Waals surface area contributed by atoms with E-state index in [1.165, 1.54) is 43.5 Å². The zero-order valence-corrected chi connectivity index (χ0v) is 11.0. The summed E-state index contributed by atoms with van der Waals surface area (Å²) in [5.74, 6) is -1.23. The molecule has 108 valence electrons. The van der Waals surface area contributed by atoms with E-state index in [0.29, 0.717) is 0 Å². The van der Waals surface area contributed by atoms with Crippen LogP contribution in [0.15, 0.2) is 42.5 Å². The van der Waals surface area contributed by atoms with E-state index in [4.69, 9.17) is 14.6 Å². The third-order valence-corrected chi connectivity index (χ3v) is 2.70. The average Bonchev–Trinajstić information content (AvgIpc) is 2.47. The molecule has 0 aliphatic heterocycles. The van der Waals surface area contributed by atoms with Crippen LogP contribution in [-0.4, -0.2) is 23.1 Å². The predicted molar refractivity (Wildman–Crippen MR) is 73.1 cm³/mol. The summed E-state index contributed by atoms with van der Waals surface area (Å²) in [6.45, 7) is 0. The molecule has 0 aliphatic rings. The third kappa shape index (κ3) is 2.92. The predicted octanol–water partition coefficient (Wildman–Crippen LogP) is 3.09. The summed E-state index contributed by atoms with van der Waals surface area (Å²) in [5, 5.41) is 20.2. The first-order chi connectivity index (χ1) is 10.0. The van der Waals surface area contributed by atoms with Gasteiger partial charge in [-0.05, 0) is 24.3 Å². The average molecular weight is 289 g/mol. The minimum atomic E-state index is -1.18. The molecule has 0 unspecified atom stereocenters. The van der Waals surface area contributed by atoms with E-state index in [-0.39, 0.29) is 28.5 Å². The summed E-state index contributed by atoms with van der Waals surface area (Å²) in [5.41, 5.74) is -0.449. The molecule has 2 rings (SSSR count). The Labute approximate surface area is 119 Å². The summed E-state index contributed by atoms with van der Waals surface area (Å²) in [6, 6.07) is 10.2. The van der Waals surface area contributed by atoms with Crippen LogP contribution < -0.4 is 9.47 Å². The van der Waals surface area contributed by atoms with Gasteiger partial charge in [-0.3, -0.25) is 10.1 Å². The fraction of sp³-hybridized carbons (Fsp3) is 0.0714. The second-order valence-electron chi connectivity index (χ2n) is 3.97. The number of ether oxygens (including phenoxy) is 2. The number of rotatable bonds is 5. The van der Waals surface area contributed by atoms with E-state index in [9.17, 15) is 14.9 Å². The van der Waals surface area contributed by atoms with Gasteiger partial charge in [-0.2, -0.15) is 0 Å². The van der Waals surface area contributed by atoms with E-state index in [1.54, 1.807) is 6.07 Å². The van der Waals surface area contributed by atoms with Crippen molar-refractivity contribution in [2.75, 3.05) is 7.11 Å². The number of hydrogen-bond acceptors (Lipinski definition) is 5. The fourth-order valence-corrected chi connectivity index (χ4v) is 1.78. The van der Waals surface area contributed by atoms with Crippen LogP contribution in [0.4, 0.5) is 5.69 Å². The van der Waals surface area contributed by atoms with Crippen LogP contribution in [-0.2, 0) is 0 Å². The van der Waals surface area contributed by atoms with Gasteiger partial charge >= 0.3 is 11.7 Å². The van der Waals surface area contributed by atoms with Gasteiger partial charge in [0.25, 0.3) is 0 Å². The molecular weight excluding hydrogens is 278 g/mol. The van der Waals surface area contributed by atoms with Gasteiger partial charge in [-0.25, -0.2) is 4.79 Å². The number of hydrogen-bond donors (Lipinski definition) is 1. The van der Waals surface area contributed by atoms with E-state index in [0.717, 1.165) is 0 Å². The van der Waals surface area contributed by atoms with Crippen molar-refractivity contribution in [2.45, 2.75) is 0 Å². The number of carboxylic acids is 1. The van der Waals surface area contributed by atoms with Gasteiger partial charge in [0.1, 0.15) is 11.3 Å². The number of carbonyl (C=O) groups is 1. The lowest BCUT2D eigenvalue weighted by Gasteiger charge is -2.10. The van der Waals surface area contributed by atoms with Crippen LogP contribution in [0.1, 0.15) is 10.4 Å². The molecule has 0 bridgehead atoms. The van der Waals surface area contributed by atoms with Crippen LogP contribution >= 0.6 is 0 Å². The Hall–Kier alpha value is -3.09. The van der Waals surface area contributed by atoms with Crippen molar-refractivity contribution in [3.05, 3.63) is 58.1 Å². The van der Waals surface area contributed by atoms with E-state index < -0.39 is 10.9 Å². The van der Waals surface area contributed by atoms with Crippen molar-refractivity contribution in [1.29, 1.82) is 0 Å². The highest BCUT2D eigenvalue weighted by atomic mass is 16.6. The van der Waals surface area contributed by atoms with Crippen molar-refractivity contribution in [3.8, 4) is 17.2 Å². The smallest absolute Gasteiger partial charge is 0.352 e. The van der Waals surface area contributed by atoms with Gasteiger partial charge in [0, 0.05) is 0 Å². The van der Waals surface area contributed by atoms with E-state index in [1.807, 2.05) is 0 Å². The fourth-order valence-electron chi connectivity index (χ4n) is 1.78. The molecule has 0 saturated carbocycles. The van der Waals surface area contributed by atoms with Crippen LogP contribution in [0.25, 0.3) is 0 Å². The molecule has 7 nitrogen and oxygen atoms in total. The Morgan fingerprint density at radius 3 is 2.33 bits per heavy atom. The Morgan fingerprint density at radius 1 is 1.10 bits per heavy atom. The van der Waals surface area contributed by atoms with Crippen molar-refractivity contribution in [2.24, 2.45) is 0 Å². The lowest BCUT2D eigenvalue weighted by Crippen LogP contribution is -2.01. The maximum Gasteiger partial charge on any atom is 0.352 e. The minimum absolute atomic E-state index is 0.0151. The first-order valence-electron chi connectivity index (χ1n) is 5.86. The number of nitrogens with zero attached hydrogens (tertiary/aromatic N) is 1. The highest BCUT2D eigenvalue weighted by molar-refractivity contribution is 5.91. The van der Waals surface area contributed by atoms with Crippen LogP contribution in [0.2, 0.25) is 0 Å². The molecule has 2 aromatic carbocycles. The van der Waals surface area contributed by atoms with Crippen molar-refractivity contribution in [1.82, 2.24) is 0 Å². The normalized spacial score (nSPS) is 9.95. The number of benzene rings is 2. The summed E-state index contributed by atoms with van der Waals surface area (Å²) in [4.78, 5) is 21.6. The van der Waals surface area contributed by atoms with Crippen LogP contribution in [0.5, 0.6) is 17.2 Å². The second-order valence-corrected chi connectivity index (χ2v) is 3.97. The highest BCUT2D eigenvalue weighted by Gasteiger charge is 2.23. The molecular formula is C14H11NO6. The lowest BCUT2D eigenvalue weighted by molar-refractivity contribution is -0.386. The quantitative estimate of drug-likeness (QED) is 0.670. The number of para-hydroxylation sites is 2. The summed E-state index contributed by atoms with van der Waals surface area (Å²) in [6.07, 6.45) is 0. The summed E-state index contributed by atoms with van der Waals surface area (Å²) >= 11 is 0. The first kappa shape index (κ1) is 14.3. The van der Waals surface area contributed by atoms with Crippen molar-refractivity contribution >= 4 is 11.7 Å². The molecule has 7 heteroatoms. The minimum Gasteiger partial charge on any atom is -0.490 e. The molecule has 0 amide bonds. The molecule has 0 spiro atoms. The molecule has 1 N–H and O–H groups in total. The SMILES string of the molecule is COc1cccc(Oc2ccccc2C(=O)O)c1[N+](=O)[O-]. The molecule has 2 aromatic rings. The molecule has 0 heterocycles. The van der Waals surface area contributed by atoms with Gasteiger partial charge in [-0.15, -0.1) is 0 Å².